The standard InChI is InChI=1S/C24H26N2O5S/c1-4-31-22-7-5-6-18(16-22)17-25-24(27)19-8-10-20(11-9-19)26(2)32(28,29)23-14-12-21(30-3)13-15-23/h5-16H,4,17H2,1-3H3,(H,25,27). The zero-order valence-corrected chi connectivity index (χ0v) is 19.1. The average Bonchev–Trinajstić information content (AvgIpc) is 2.82. The highest BCUT2D eigenvalue weighted by Crippen LogP contribution is 2.24. The molecule has 1 amide bonds. The molecule has 0 fully saturated rings. The van der Waals surface area contributed by atoms with E-state index in [1.54, 1.807) is 36.4 Å². The topological polar surface area (TPSA) is 84.9 Å². The second-order valence-electron chi connectivity index (χ2n) is 6.96. The molecule has 32 heavy (non-hydrogen) atoms. The molecule has 8 heteroatoms. The van der Waals surface area contributed by atoms with Gasteiger partial charge in [-0.1, -0.05) is 12.1 Å². The Balaban J connectivity index is 1.66. The van der Waals surface area contributed by atoms with Crippen molar-refractivity contribution in [2.24, 2.45) is 0 Å². The van der Waals surface area contributed by atoms with Gasteiger partial charge in [-0.3, -0.25) is 9.10 Å². The molecule has 3 aromatic rings. The molecular formula is C24H26N2O5S. The number of carbonyl (C=O) groups is 1. The zero-order chi connectivity index (χ0) is 23.1. The first-order chi connectivity index (χ1) is 15.3. The summed E-state index contributed by atoms with van der Waals surface area (Å²) in [5, 5.41) is 2.86. The van der Waals surface area contributed by atoms with Gasteiger partial charge in [-0.25, -0.2) is 8.42 Å². The molecule has 0 aliphatic rings. The Hall–Kier alpha value is -3.52. The number of hydrogen-bond donors (Lipinski definition) is 1. The van der Waals surface area contributed by atoms with Crippen molar-refractivity contribution in [2.45, 2.75) is 18.4 Å². The Labute approximate surface area is 188 Å². The minimum atomic E-state index is -3.74. The number of hydrogen-bond acceptors (Lipinski definition) is 5. The fraction of sp³-hybridized carbons (Fsp3) is 0.208. The Morgan fingerprint density at radius 1 is 0.969 bits per heavy atom. The minimum absolute atomic E-state index is 0.150. The number of nitrogens with zero attached hydrogens (tertiary/aromatic N) is 1. The first-order valence-electron chi connectivity index (χ1n) is 10.1. The molecule has 0 saturated carbocycles. The van der Waals surface area contributed by atoms with Crippen molar-refractivity contribution >= 4 is 21.6 Å². The molecule has 0 aliphatic carbocycles. The van der Waals surface area contributed by atoms with Gasteiger partial charge in [-0.15, -0.1) is 0 Å². The van der Waals surface area contributed by atoms with Crippen LogP contribution in [0, 0.1) is 0 Å². The quantitative estimate of drug-likeness (QED) is 0.531. The summed E-state index contributed by atoms with van der Waals surface area (Å²) in [4.78, 5) is 12.7. The number of nitrogens with one attached hydrogen (secondary N) is 1. The lowest BCUT2D eigenvalue weighted by molar-refractivity contribution is 0.0951. The molecule has 7 nitrogen and oxygen atoms in total. The third-order valence-corrected chi connectivity index (χ3v) is 6.67. The summed E-state index contributed by atoms with van der Waals surface area (Å²) < 4.78 is 37.5. The van der Waals surface area contributed by atoms with Crippen molar-refractivity contribution in [3.8, 4) is 11.5 Å². The summed E-state index contributed by atoms with van der Waals surface area (Å²) >= 11 is 0. The van der Waals surface area contributed by atoms with Crippen molar-refractivity contribution in [1.29, 1.82) is 0 Å². The van der Waals surface area contributed by atoms with Crippen LogP contribution in [0.5, 0.6) is 11.5 Å². The van der Waals surface area contributed by atoms with Gasteiger partial charge in [0.05, 0.1) is 24.3 Å². The molecule has 0 heterocycles. The van der Waals surface area contributed by atoms with Gasteiger partial charge in [0.2, 0.25) is 0 Å². The molecular weight excluding hydrogens is 428 g/mol. The smallest absolute Gasteiger partial charge is 0.264 e. The van der Waals surface area contributed by atoms with Crippen molar-refractivity contribution in [3.63, 3.8) is 0 Å². The van der Waals surface area contributed by atoms with Gasteiger partial charge in [0, 0.05) is 19.2 Å². The number of sulfonamides is 1. The van der Waals surface area contributed by atoms with Crippen LogP contribution in [0.2, 0.25) is 0 Å². The molecule has 0 unspecified atom stereocenters. The molecule has 0 bridgehead atoms. The van der Waals surface area contributed by atoms with Crippen LogP contribution >= 0.6 is 0 Å². The zero-order valence-electron chi connectivity index (χ0n) is 18.2. The third kappa shape index (κ3) is 5.39. The summed E-state index contributed by atoms with van der Waals surface area (Å²) in [6.45, 7) is 2.84. The molecule has 0 atom stereocenters. The Bertz CT molecular complexity index is 1160. The molecule has 1 N–H and O–H groups in total. The van der Waals surface area contributed by atoms with Gasteiger partial charge >= 0.3 is 0 Å². The van der Waals surface area contributed by atoms with E-state index in [-0.39, 0.29) is 10.8 Å². The van der Waals surface area contributed by atoms with E-state index >= 15 is 0 Å². The third-order valence-electron chi connectivity index (χ3n) is 4.87. The van der Waals surface area contributed by atoms with Crippen molar-refractivity contribution in [2.75, 3.05) is 25.1 Å². The van der Waals surface area contributed by atoms with Gasteiger partial charge in [-0.2, -0.15) is 0 Å². The number of anilines is 1. The van der Waals surface area contributed by atoms with Crippen LogP contribution in [-0.4, -0.2) is 35.1 Å². The molecule has 168 valence electrons. The van der Waals surface area contributed by atoms with Crippen LogP contribution in [0.1, 0.15) is 22.8 Å². The molecule has 0 spiro atoms. The van der Waals surface area contributed by atoms with Crippen LogP contribution in [0.25, 0.3) is 0 Å². The van der Waals surface area contributed by atoms with E-state index in [1.165, 1.54) is 30.6 Å². The second-order valence-corrected chi connectivity index (χ2v) is 8.93. The summed E-state index contributed by atoms with van der Waals surface area (Å²) in [7, 11) is -0.749. The number of carbonyl (C=O) groups excluding carboxylic acids is 1. The van der Waals surface area contributed by atoms with E-state index in [4.69, 9.17) is 9.47 Å². The van der Waals surface area contributed by atoms with Gasteiger partial charge in [0.1, 0.15) is 11.5 Å². The van der Waals surface area contributed by atoms with E-state index in [0.717, 1.165) is 11.3 Å². The fourth-order valence-electron chi connectivity index (χ4n) is 3.06. The molecule has 0 saturated heterocycles. The van der Waals surface area contributed by atoms with Crippen LogP contribution < -0.4 is 19.1 Å². The Morgan fingerprint density at radius 3 is 2.28 bits per heavy atom. The lowest BCUT2D eigenvalue weighted by atomic mass is 10.1. The summed E-state index contributed by atoms with van der Waals surface area (Å²) in [5.41, 5.74) is 1.80. The molecule has 0 aliphatic heterocycles. The monoisotopic (exact) mass is 454 g/mol. The number of benzene rings is 3. The van der Waals surface area contributed by atoms with Crippen LogP contribution in [0.3, 0.4) is 0 Å². The SMILES string of the molecule is CCOc1cccc(CNC(=O)c2ccc(N(C)S(=O)(=O)c3ccc(OC)cc3)cc2)c1. The largest absolute Gasteiger partial charge is 0.497 e. The van der Waals surface area contributed by atoms with E-state index in [0.29, 0.717) is 30.2 Å². The van der Waals surface area contributed by atoms with Crippen molar-refractivity contribution in [1.82, 2.24) is 5.32 Å². The summed E-state index contributed by atoms with van der Waals surface area (Å²) in [6.07, 6.45) is 0. The molecule has 3 rings (SSSR count). The lowest BCUT2D eigenvalue weighted by Crippen LogP contribution is -2.27. The van der Waals surface area contributed by atoms with Gasteiger partial charge < -0.3 is 14.8 Å². The molecule has 0 aromatic heterocycles. The highest BCUT2D eigenvalue weighted by atomic mass is 32.2. The molecule has 3 aromatic carbocycles. The predicted octanol–water partition coefficient (Wildman–Crippen LogP) is 3.85. The highest BCUT2D eigenvalue weighted by molar-refractivity contribution is 7.92. The maximum Gasteiger partial charge on any atom is 0.264 e. The Kier molecular flexibility index (Phi) is 7.37. The summed E-state index contributed by atoms with van der Waals surface area (Å²) in [6, 6.07) is 20.1. The lowest BCUT2D eigenvalue weighted by Gasteiger charge is -2.20. The highest BCUT2D eigenvalue weighted by Gasteiger charge is 2.21. The average molecular weight is 455 g/mol. The van der Waals surface area contributed by atoms with E-state index < -0.39 is 10.0 Å². The second kappa shape index (κ2) is 10.2. The Morgan fingerprint density at radius 2 is 1.66 bits per heavy atom. The first kappa shape index (κ1) is 23.1. The minimum Gasteiger partial charge on any atom is -0.497 e. The number of amides is 1. The number of methoxy groups -OCH3 is 1. The van der Waals surface area contributed by atoms with Gasteiger partial charge in [0.15, 0.2) is 0 Å². The predicted molar refractivity (Wildman–Crippen MR) is 124 cm³/mol. The van der Waals surface area contributed by atoms with E-state index in [2.05, 4.69) is 5.32 Å². The van der Waals surface area contributed by atoms with Crippen LogP contribution in [0.4, 0.5) is 5.69 Å². The van der Waals surface area contributed by atoms with Crippen LogP contribution in [0.15, 0.2) is 77.7 Å². The normalized spacial score (nSPS) is 11.0. The van der Waals surface area contributed by atoms with Crippen molar-refractivity contribution in [3.05, 3.63) is 83.9 Å². The fourth-order valence-corrected chi connectivity index (χ4v) is 4.26. The number of ether oxygens (including phenoxy) is 2. The maximum absolute atomic E-state index is 12.9. The maximum atomic E-state index is 12.9. The van der Waals surface area contributed by atoms with Crippen LogP contribution in [-0.2, 0) is 16.6 Å². The van der Waals surface area contributed by atoms with Gasteiger partial charge in [-0.05, 0) is 73.2 Å². The first-order valence-corrected chi connectivity index (χ1v) is 11.5. The van der Waals surface area contributed by atoms with Crippen molar-refractivity contribution < 1.29 is 22.7 Å². The molecule has 0 radical (unpaired) electrons. The van der Waals surface area contributed by atoms with Gasteiger partial charge in [0.25, 0.3) is 15.9 Å². The summed E-state index contributed by atoms with van der Waals surface area (Å²) in [5.74, 6) is 1.08. The van der Waals surface area contributed by atoms with E-state index in [1.807, 2.05) is 31.2 Å². The van der Waals surface area contributed by atoms with E-state index in [9.17, 15) is 13.2 Å². The number of rotatable bonds is 9.